The van der Waals surface area contributed by atoms with Crippen LogP contribution >= 0.6 is 0 Å². The van der Waals surface area contributed by atoms with Crippen LogP contribution in [0.25, 0.3) is 11.1 Å². The van der Waals surface area contributed by atoms with Crippen molar-refractivity contribution in [3.63, 3.8) is 0 Å². The van der Waals surface area contributed by atoms with E-state index in [0.29, 0.717) is 10.8 Å². The topological polar surface area (TPSA) is 109 Å². The van der Waals surface area contributed by atoms with Gasteiger partial charge in [-0.15, -0.1) is 5.06 Å². The lowest BCUT2D eigenvalue weighted by Crippen LogP contribution is -2.53. The molecule has 0 saturated carbocycles. The van der Waals surface area contributed by atoms with Gasteiger partial charge in [0.25, 0.3) is 11.8 Å². The highest BCUT2D eigenvalue weighted by Gasteiger charge is 2.40. The summed E-state index contributed by atoms with van der Waals surface area (Å²) in [6.45, 7) is 10.3. The van der Waals surface area contributed by atoms with Crippen molar-refractivity contribution in [1.29, 1.82) is 0 Å². The van der Waals surface area contributed by atoms with Crippen LogP contribution in [0.4, 0.5) is 0 Å². The Balaban J connectivity index is 1.22. The van der Waals surface area contributed by atoms with Crippen LogP contribution < -0.4 is 4.74 Å². The van der Waals surface area contributed by atoms with Gasteiger partial charge in [-0.25, -0.2) is 9.63 Å². The standard InChI is InChI=1S/C31H37N4O7/c1-31(2,3)41-30(38)27(42-34-28(36)25-7-5-6-8-26(25)29(34)37)21-40-24-11-9-22(10-12-24)23-19-32-33(20-23)13-14-35(4)15-17-39-18-16-35/h5-12,19-20,27H,13-18,21H2,1-4H3/q+1/t27-/m0/s1. The second kappa shape index (κ2) is 12.0. The number of hydrogen-bond donors (Lipinski definition) is 0. The summed E-state index contributed by atoms with van der Waals surface area (Å²) in [6.07, 6.45) is 2.50. The summed E-state index contributed by atoms with van der Waals surface area (Å²) in [5.74, 6) is -1.56. The number of benzene rings is 2. The van der Waals surface area contributed by atoms with Crippen molar-refractivity contribution in [3.8, 4) is 16.9 Å². The van der Waals surface area contributed by atoms with Gasteiger partial charge in [-0.05, 0) is 50.6 Å². The lowest BCUT2D eigenvalue weighted by Gasteiger charge is -2.37. The molecular weight excluding hydrogens is 540 g/mol. The van der Waals surface area contributed by atoms with Crippen LogP contribution in [-0.2, 0) is 25.7 Å². The third-order valence-electron chi connectivity index (χ3n) is 7.30. The molecule has 42 heavy (non-hydrogen) atoms. The maximum absolute atomic E-state index is 13.0. The van der Waals surface area contributed by atoms with Crippen LogP contribution in [-0.4, -0.2) is 95.3 Å². The molecule has 0 radical (unpaired) electrons. The molecule has 3 aromatic rings. The Kier molecular flexibility index (Phi) is 8.44. The molecule has 0 unspecified atom stereocenters. The van der Waals surface area contributed by atoms with Crippen molar-refractivity contribution in [1.82, 2.24) is 14.8 Å². The van der Waals surface area contributed by atoms with Crippen LogP contribution in [0.15, 0.2) is 60.9 Å². The average Bonchev–Trinajstić information content (AvgIpc) is 3.53. The Morgan fingerprint density at radius 1 is 1.00 bits per heavy atom. The van der Waals surface area contributed by atoms with Crippen molar-refractivity contribution < 1.29 is 37.9 Å². The van der Waals surface area contributed by atoms with E-state index in [9.17, 15) is 14.4 Å². The Hall–Kier alpha value is -4.06. The van der Waals surface area contributed by atoms with Gasteiger partial charge in [0, 0.05) is 11.8 Å². The number of fused-ring (bicyclic) bond motifs is 1. The number of ether oxygens (including phenoxy) is 3. The smallest absolute Gasteiger partial charge is 0.342 e. The fraction of sp³-hybridized carbons (Fsp3) is 0.419. The number of morpholine rings is 1. The van der Waals surface area contributed by atoms with E-state index in [1.807, 2.05) is 29.2 Å². The zero-order valence-electron chi connectivity index (χ0n) is 24.4. The summed E-state index contributed by atoms with van der Waals surface area (Å²) in [6, 6.07) is 13.7. The molecule has 2 aliphatic heterocycles. The molecule has 1 atom stereocenters. The van der Waals surface area contributed by atoms with Crippen molar-refractivity contribution in [2.45, 2.75) is 39.0 Å². The first-order valence-corrected chi connectivity index (χ1v) is 14.1. The van der Waals surface area contributed by atoms with Crippen LogP contribution in [0.1, 0.15) is 41.5 Å². The summed E-state index contributed by atoms with van der Waals surface area (Å²) in [7, 11) is 2.25. The molecule has 1 fully saturated rings. The lowest BCUT2D eigenvalue weighted by molar-refractivity contribution is -0.917. The molecule has 5 rings (SSSR count). The number of aromatic nitrogens is 2. The monoisotopic (exact) mass is 577 g/mol. The second-order valence-corrected chi connectivity index (χ2v) is 11.8. The van der Waals surface area contributed by atoms with E-state index in [-0.39, 0.29) is 17.7 Å². The molecule has 222 valence electrons. The van der Waals surface area contributed by atoms with Gasteiger partial charge in [0.05, 0.1) is 50.7 Å². The Morgan fingerprint density at radius 2 is 1.64 bits per heavy atom. The highest BCUT2D eigenvalue weighted by atomic mass is 16.7. The molecule has 11 nitrogen and oxygen atoms in total. The largest absolute Gasteiger partial charge is 0.490 e. The van der Waals surface area contributed by atoms with Gasteiger partial charge >= 0.3 is 5.97 Å². The molecule has 3 heterocycles. The van der Waals surface area contributed by atoms with Crippen LogP contribution in [0.5, 0.6) is 5.75 Å². The molecule has 2 aliphatic rings. The lowest BCUT2D eigenvalue weighted by atomic mass is 10.1. The van der Waals surface area contributed by atoms with Crippen molar-refractivity contribution in [2.75, 3.05) is 46.5 Å². The van der Waals surface area contributed by atoms with E-state index in [0.717, 1.165) is 55.0 Å². The van der Waals surface area contributed by atoms with Gasteiger partial charge in [-0.1, -0.05) is 24.3 Å². The van der Waals surface area contributed by atoms with E-state index in [1.165, 1.54) is 12.1 Å². The maximum Gasteiger partial charge on any atom is 0.342 e. The number of hydrogen-bond acceptors (Lipinski definition) is 8. The number of nitrogens with zero attached hydrogens (tertiary/aromatic N) is 4. The molecular formula is C31H37N4O7+. The minimum absolute atomic E-state index is 0.210. The van der Waals surface area contributed by atoms with Crippen LogP contribution in [0.3, 0.4) is 0 Å². The number of rotatable bonds is 10. The van der Waals surface area contributed by atoms with E-state index in [2.05, 4.69) is 12.1 Å². The van der Waals surface area contributed by atoms with Gasteiger partial charge in [0.2, 0.25) is 6.10 Å². The second-order valence-electron chi connectivity index (χ2n) is 11.8. The third kappa shape index (κ3) is 6.87. The molecule has 1 saturated heterocycles. The number of esters is 1. The molecule has 2 amide bonds. The zero-order valence-corrected chi connectivity index (χ0v) is 24.4. The number of amides is 2. The summed E-state index contributed by atoms with van der Waals surface area (Å²) < 4.78 is 19.8. The highest BCUT2D eigenvalue weighted by molar-refractivity contribution is 6.20. The Bertz CT molecular complexity index is 1400. The molecule has 0 spiro atoms. The molecule has 0 N–H and O–H groups in total. The SMILES string of the molecule is CC(C)(C)OC(=O)[C@H](COc1ccc(-c2cnn(CC[N+]3(C)CCOCC3)c2)cc1)ON1C(=O)c2ccccc2C1=O. The van der Waals surface area contributed by atoms with E-state index in [1.54, 1.807) is 45.0 Å². The molecule has 0 bridgehead atoms. The Morgan fingerprint density at radius 3 is 2.26 bits per heavy atom. The number of hydroxylamine groups is 2. The predicted octanol–water partition coefficient (Wildman–Crippen LogP) is 3.34. The van der Waals surface area contributed by atoms with E-state index >= 15 is 0 Å². The third-order valence-corrected chi connectivity index (χ3v) is 7.30. The number of carbonyl (C=O) groups excluding carboxylic acids is 3. The maximum atomic E-state index is 13.0. The number of quaternary nitrogens is 1. The molecule has 11 heteroatoms. The molecule has 0 aliphatic carbocycles. The number of likely N-dealkylation sites (N-methyl/N-ethyl adjacent to an activating group) is 1. The first-order valence-electron chi connectivity index (χ1n) is 14.1. The van der Waals surface area contributed by atoms with Crippen molar-refractivity contribution in [2.24, 2.45) is 0 Å². The summed E-state index contributed by atoms with van der Waals surface area (Å²) in [5.41, 5.74) is 1.55. The van der Waals surface area contributed by atoms with Gasteiger partial charge in [0.15, 0.2) is 0 Å². The van der Waals surface area contributed by atoms with Gasteiger partial charge < -0.3 is 18.7 Å². The summed E-state index contributed by atoms with van der Waals surface area (Å²) in [4.78, 5) is 44.2. The number of imide groups is 1. The van der Waals surface area contributed by atoms with Crippen molar-refractivity contribution >= 4 is 17.8 Å². The Labute approximate surface area is 245 Å². The van der Waals surface area contributed by atoms with Gasteiger partial charge in [-0.3, -0.25) is 14.3 Å². The minimum atomic E-state index is -1.36. The normalized spacial score (nSPS) is 17.2. The summed E-state index contributed by atoms with van der Waals surface area (Å²) >= 11 is 0. The van der Waals surface area contributed by atoms with E-state index in [4.69, 9.17) is 19.0 Å². The quantitative estimate of drug-likeness (QED) is 0.205. The van der Waals surface area contributed by atoms with Crippen molar-refractivity contribution in [3.05, 3.63) is 72.1 Å². The zero-order chi connectivity index (χ0) is 29.9. The average molecular weight is 578 g/mol. The number of carbonyl (C=O) groups is 3. The van der Waals surface area contributed by atoms with Gasteiger partial charge in [-0.2, -0.15) is 5.10 Å². The predicted molar refractivity (Wildman–Crippen MR) is 152 cm³/mol. The molecule has 2 aromatic carbocycles. The molecule has 1 aromatic heterocycles. The van der Waals surface area contributed by atoms with Crippen LogP contribution in [0.2, 0.25) is 0 Å². The summed E-state index contributed by atoms with van der Waals surface area (Å²) in [5, 5.41) is 5.13. The highest BCUT2D eigenvalue weighted by Crippen LogP contribution is 2.26. The van der Waals surface area contributed by atoms with E-state index < -0.39 is 29.5 Å². The van der Waals surface area contributed by atoms with Crippen LogP contribution in [0, 0.1) is 0 Å². The first kappa shape index (κ1) is 29.4. The minimum Gasteiger partial charge on any atom is -0.490 e. The van der Waals surface area contributed by atoms with Gasteiger partial charge in [0.1, 0.15) is 31.0 Å². The fourth-order valence-electron chi connectivity index (χ4n) is 4.80. The first-order chi connectivity index (χ1) is 20.0. The fourth-order valence-corrected chi connectivity index (χ4v) is 4.80.